The second-order valence-electron chi connectivity index (χ2n) is 5.86. The van der Waals surface area contributed by atoms with Crippen LogP contribution in [0.25, 0.3) is 0 Å². The highest BCUT2D eigenvalue weighted by molar-refractivity contribution is 5.42. The van der Waals surface area contributed by atoms with Gasteiger partial charge in [0.2, 0.25) is 0 Å². The van der Waals surface area contributed by atoms with Gasteiger partial charge in [-0.05, 0) is 58.0 Å². The average molecular weight is 279 g/mol. The van der Waals surface area contributed by atoms with E-state index in [0.717, 1.165) is 24.4 Å². The Kier molecular flexibility index (Phi) is 4.55. The first-order chi connectivity index (χ1) is 9.50. The zero-order valence-corrected chi connectivity index (χ0v) is 12.8. The van der Waals surface area contributed by atoms with Crippen LogP contribution in [0.15, 0.2) is 18.2 Å². The molecule has 0 aliphatic carbocycles. The van der Waals surface area contributed by atoms with Gasteiger partial charge in [-0.15, -0.1) is 0 Å². The van der Waals surface area contributed by atoms with Crippen molar-refractivity contribution in [2.45, 2.75) is 38.3 Å². The zero-order chi connectivity index (χ0) is 14.8. The summed E-state index contributed by atoms with van der Waals surface area (Å²) in [4.78, 5) is 2.34. The first-order valence-electron chi connectivity index (χ1n) is 7.15. The summed E-state index contributed by atoms with van der Waals surface area (Å²) in [6.07, 6.45) is 1.78. The molecular weight excluding hydrogens is 254 g/mol. The third-order valence-electron chi connectivity index (χ3n) is 4.32. The minimum Gasteiger partial charge on any atom is -0.497 e. The highest BCUT2D eigenvalue weighted by atomic mass is 16.5. The topological polar surface area (TPSA) is 41.9 Å². The zero-order valence-electron chi connectivity index (χ0n) is 12.8. The molecule has 0 bridgehead atoms. The fraction of sp³-hybridized carbons (Fsp3) is 0.625. The number of hydrogen-bond donors (Lipinski definition) is 1. The molecule has 0 saturated carbocycles. The number of likely N-dealkylation sites (tertiary alicyclic amines) is 1. The Morgan fingerprint density at radius 1 is 1.15 bits per heavy atom. The van der Waals surface area contributed by atoms with E-state index in [-0.39, 0.29) is 5.54 Å². The molecule has 1 saturated heterocycles. The van der Waals surface area contributed by atoms with E-state index < -0.39 is 6.10 Å². The maximum atomic E-state index is 10.9. The number of ether oxygens (including phenoxy) is 2. The highest BCUT2D eigenvalue weighted by Gasteiger charge is 2.38. The third kappa shape index (κ3) is 2.76. The molecule has 0 amide bonds. The summed E-state index contributed by atoms with van der Waals surface area (Å²) < 4.78 is 10.7. The van der Waals surface area contributed by atoms with Gasteiger partial charge >= 0.3 is 0 Å². The van der Waals surface area contributed by atoms with Gasteiger partial charge in [-0.25, -0.2) is 0 Å². The molecule has 0 spiro atoms. The van der Waals surface area contributed by atoms with E-state index in [1.165, 1.54) is 12.8 Å². The van der Waals surface area contributed by atoms with E-state index in [9.17, 15) is 5.11 Å². The molecule has 1 aliphatic rings. The molecule has 20 heavy (non-hydrogen) atoms. The van der Waals surface area contributed by atoms with Crippen molar-refractivity contribution < 1.29 is 14.6 Å². The van der Waals surface area contributed by atoms with Crippen molar-refractivity contribution in [1.29, 1.82) is 0 Å². The molecule has 1 N–H and O–H groups in total. The van der Waals surface area contributed by atoms with Crippen molar-refractivity contribution in [3.8, 4) is 11.5 Å². The monoisotopic (exact) mass is 279 g/mol. The standard InChI is InChI=1S/C16H25NO3/c1-16(2,17-9-5-6-10-17)15(18)13-11-12(19-3)7-8-14(13)20-4/h7-8,11,15,18H,5-6,9-10H2,1-4H3. The molecule has 4 heteroatoms. The molecule has 1 aromatic carbocycles. The molecule has 2 rings (SSSR count). The highest BCUT2D eigenvalue weighted by Crippen LogP contribution is 2.38. The lowest BCUT2D eigenvalue weighted by molar-refractivity contribution is -0.0000285. The first-order valence-corrected chi connectivity index (χ1v) is 7.15. The van der Waals surface area contributed by atoms with Crippen LogP contribution in [-0.2, 0) is 0 Å². The SMILES string of the molecule is COc1ccc(OC)c(C(O)C(C)(C)N2CCCC2)c1. The van der Waals surface area contributed by atoms with E-state index in [0.29, 0.717) is 5.75 Å². The molecule has 4 nitrogen and oxygen atoms in total. The minimum atomic E-state index is -0.620. The molecular formula is C16H25NO3. The fourth-order valence-corrected chi connectivity index (χ4v) is 2.90. The van der Waals surface area contributed by atoms with E-state index in [1.54, 1.807) is 14.2 Å². The summed E-state index contributed by atoms with van der Waals surface area (Å²) in [5.74, 6) is 1.43. The van der Waals surface area contributed by atoms with Crippen LogP contribution in [0.3, 0.4) is 0 Å². The molecule has 112 valence electrons. The molecule has 1 aliphatic heterocycles. The Balaban J connectivity index is 2.33. The number of nitrogens with zero attached hydrogens (tertiary/aromatic N) is 1. The molecule has 1 fully saturated rings. The predicted octanol–water partition coefficient (Wildman–Crippen LogP) is 2.61. The van der Waals surface area contributed by atoms with Gasteiger partial charge in [0.25, 0.3) is 0 Å². The molecule has 1 heterocycles. The summed E-state index contributed by atoms with van der Waals surface area (Å²) in [5.41, 5.74) is 0.458. The van der Waals surface area contributed by atoms with Gasteiger partial charge in [0.15, 0.2) is 0 Å². The molecule has 1 aromatic rings. The van der Waals surface area contributed by atoms with E-state index >= 15 is 0 Å². The number of methoxy groups -OCH3 is 2. The Morgan fingerprint density at radius 2 is 1.80 bits per heavy atom. The maximum absolute atomic E-state index is 10.9. The van der Waals surface area contributed by atoms with Crippen molar-refractivity contribution in [3.63, 3.8) is 0 Å². The van der Waals surface area contributed by atoms with E-state index in [2.05, 4.69) is 18.7 Å². The van der Waals surface area contributed by atoms with E-state index in [1.807, 2.05) is 18.2 Å². The molecule has 0 radical (unpaired) electrons. The Morgan fingerprint density at radius 3 is 2.35 bits per heavy atom. The van der Waals surface area contributed by atoms with Crippen LogP contribution in [0.4, 0.5) is 0 Å². The minimum absolute atomic E-state index is 0.323. The number of aliphatic hydroxyl groups is 1. The molecule has 1 unspecified atom stereocenters. The van der Waals surface area contributed by atoms with Crippen LogP contribution >= 0.6 is 0 Å². The van der Waals surface area contributed by atoms with Crippen LogP contribution in [0.2, 0.25) is 0 Å². The van der Waals surface area contributed by atoms with Crippen molar-refractivity contribution in [3.05, 3.63) is 23.8 Å². The van der Waals surface area contributed by atoms with Gasteiger partial charge < -0.3 is 14.6 Å². The van der Waals surface area contributed by atoms with E-state index in [4.69, 9.17) is 9.47 Å². The third-order valence-corrected chi connectivity index (χ3v) is 4.32. The summed E-state index contributed by atoms with van der Waals surface area (Å²) in [6, 6.07) is 5.55. The van der Waals surface area contributed by atoms with Gasteiger partial charge in [0, 0.05) is 11.1 Å². The van der Waals surface area contributed by atoms with Gasteiger partial charge in [0.05, 0.1) is 14.2 Å². The van der Waals surface area contributed by atoms with Gasteiger partial charge in [-0.1, -0.05) is 0 Å². The van der Waals surface area contributed by atoms with Gasteiger partial charge in [0.1, 0.15) is 17.6 Å². The van der Waals surface area contributed by atoms with Crippen LogP contribution in [0, 0.1) is 0 Å². The van der Waals surface area contributed by atoms with Gasteiger partial charge in [-0.3, -0.25) is 4.90 Å². The van der Waals surface area contributed by atoms with Crippen LogP contribution in [-0.4, -0.2) is 42.9 Å². The summed E-state index contributed by atoms with van der Waals surface area (Å²) in [6.45, 7) is 6.25. The fourth-order valence-electron chi connectivity index (χ4n) is 2.90. The lowest BCUT2D eigenvalue weighted by atomic mass is 9.89. The largest absolute Gasteiger partial charge is 0.497 e. The predicted molar refractivity (Wildman–Crippen MR) is 79.4 cm³/mol. The molecule has 1 atom stereocenters. The lowest BCUT2D eigenvalue weighted by Gasteiger charge is -2.40. The molecule has 0 aromatic heterocycles. The lowest BCUT2D eigenvalue weighted by Crippen LogP contribution is -2.46. The van der Waals surface area contributed by atoms with Crippen LogP contribution in [0.1, 0.15) is 38.4 Å². The average Bonchev–Trinajstić information content (AvgIpc) is 3.00. The van der Waals surface area contributed by atoms with Crippen molar-refractivity contribution in [1.82, 2.24) is 4.90 Å². The van der Waals surface area contributed by atoms with Gasteiger partial charge in [-0.2, -0.15) is 0 Å². The maximum Gasteiger partial charge on any atom is 0.125 e. The summed E-state index contributed by atoms with van der Waals surface area (Å²) in [5, 5.41) is 10.9. The first kappa shape index (κ1) is 15.1. The van der Waals surface area contributed by atoms with Crippen molar-refractivity contribution >= 4 is 0 Å². The normalized spacial score (nSPS) is 18.1. The Labute approximate surface area is 121 Å². The second kappa shape index (κ2) is 6.02. The second-order valence-corrected chi connectivity index (χ2v) is 5.86. The van der Waals surface area contributed by atoms with Crippen molar-refractivity contribution in [2.24, 2.45) is 0 Å². The Hall–Kier alpha value is -1.26. The number of benzene rings is 1. The number of rotatable bonds is 5. The summed E-state index contributed by atoms with van der Waals surface area (Å²) in [7, 11) is 3.25. The summed E-state index contributed by atoms with van der Waals surface area (Å²) >= 11 is 0. The van der Waals surface area contributed by atoms with Crippen molar-refractivity contribution in [2.75, 3.05) is 27.3 Å². The smallest absolute Gasteiger partial charge is 0.125 e. The van der Waals surface area contributed by atoms with Crippen LogP contribution < -0.4 is 9.47 Å². The quantitative estimate of drug-likeness (QED) is 0.899. The Bertz CT molecular complexity index is 453. The number of hydrogen-bond acceptors (Lipinski definition) is 4. The number of aliphatic hydroxyl groups excluding tert-OH is 1. The van der Waals surface area contributed by atoms with Crippen LogP contribution in [0.5, 0.6) is 11.5 Å².